The van der Waals surface area contributed by atoms with Gasteiger partial charge in [-0.25, -0.2) is 0 Å². The van der Waals surface area contributed by atoms with E-state index in [9.17, 15) is 14.7 Å². The van der Waals surface area contributed by atoms with Crippen LogP contribution in [-0.4, -0.2) is 86.3 Å². The first-order valence-corrected chi connectivity index (χ1v) is 14.4. The van der Waals surface area contributed by atoms with Crippen molar-refractivity contribution in [2.45, 2.75) is 40.2 Å². The van der Waals surface area contributed by atoms with Crippen LogP contribution in [0.25, 0.3) is 5.76 Å². The summed E-state index contributed by atoms with van der Waals surface area (Å²) in [5, 5.41) is 11.5. The molecule has 2 aromatic rings. The van der Waals surface area contributed by atoms with Gasteiger partial charge in [-0.15, -0.1) is 0 Å². The van der Waals surface area contributed by atoms with Crippen LogP contribution in [0.2, 0.25) is 0 Å². The lowest BCUT2D eigenvalue weighted by atomic mass is 9.94. The van der Waals surface area contributed by atoms with Crippen molar-refractivity contribution in [3.8, 4) is 17.2 Å². The van der Waals surface area contributed by atoms with E-state index in [0.717, 1.165) is 25.2 Å². The van der Waals surface area contributed by atoms with Crippen molar-refractivity contribution in [1.29, 1.82) is 0 Å². The van der Waals surface area contributed by atoms with Gasteiger partial charge in [0.1, 0.15) is 11.5 Å². The number of aliphatic hydroxyl groups excluding tert-OH is 1. The highest BCUT2D eigenvalue weighted by atomic mass is 16.5. The molecule has 2 aromatic carbocycles. The number of aliphatic hydroxyl groups is 1. The second-order valence-electron chi connectivity index (χ2n) is 10.8. The van der Waals surface area contributed by atoms with E-state index in [1.165, 1.54) is 0 Å². The molecule has 2 fully saturated rings. The van der Waals surface area contributed by atoms with Crippen molar-refractivity contribution < 1.29 is 33.6 Å². The van der Waals surface area contributed by atoms with Crippen LogP contribution in [0.5, 0.6) is 17.2 Å². The maximum atomic E-state index is 13.5. The molecule has 0 spiro atoms. The van der Waals surface area contributed by atoms with Crippen molar-refractivity contribution in [3.05, 3.63) is 58.7 Å². The largest absolute Gasteiger partial charge is 0.507 e. The Morgan fingerprint density at radius 2 is 1.76 bits per heavy atom. The van der Waals surface area contributed by atoms with Crippen LogP contribution in [0.1, 0.15) is 49.9 Å². The normalized spacial score (nSPS) is 19.2. The number of aryl methyl sites for hydroxylation is 1. The highest BCUT2D eigenvalue weighted by molar-refractivity contribution is 6.46. The molecule has 1 amide bonds. The van der Waals surface area contributed by atoms with Crippen molar-refractivity contribution >= 4 is 17.4 Å². The average Bonchev–Trinajstić information content (AvgIpc) is 3.22. The van der Waals surface area contributed by atoms with Crippen LogP contribution in [0.3, 0.4) is 0 Å². The van der Waals surface area contributed by atoms with Gasteiger partial charge in [-0.05, 0) is 67.6 Å². The molecule has 2 aliphatic heterocycles. The second-order valence-corrected chi connectivity index (χ2v) is 10.8. The van der Waals surface area contributed by atoms with Crippen molar-refractivity contribution in [2.24, 2.45) is 5.92 Å². The average molecular weight is 567 g/mol. The molecule has 0 aliphatic carbocycles. The van der Waals surface area contributed by atoms with E-state index in [1.54, 1.807) is 42.3 Å². The van der Waals surface area contributed by atoms with Gasteiger partial charge in [0, 0.05) is 31.7 Å². The molecule has 1 atom stereocenters. The monoisotopic (exact) mass is 566 g/mol. The Morgan fingerprint density at radius 1 is 1.02 bits per heavy atom. The number of amides is 1. The van der Waals surface area contributed by atoms with E-state index >= 15 is 0 Å². The third-order valence-electron chi connectivity index (χ3n) is 7.34. The van der Waals surface area contributed by atoms with Gasteiger partial charge in [-0.2, -0.15) is 0 Å². The number of ether oxygens (including phenoxy) is 4. The SMILES string of the molecule is CCOc1ccc([C@H]2/C(=C(\O)c3ccc(OCC(C)C)c(C)c3)C(=O)C(=O)N2CCCN2CCOCC2)cc1OC. The van der Waals surface area contributed by atoms with Gasteiger partial charge in [0.15, 0.2) is 11.5 Å². The van der Waals surface area contributed by atoms with E-state index in [2.05, 4.69) is 18.7 Å². The lowest BCUT2D eigenvalue weighted by molar-refractivity contribution is -0.140. The van der Waals surface area contributed by atoms with E-state index < -0.39 is 17.7 Å². The van der Waals surface area contributed by atoms with Crippen LogP contribution in [0.15, 0.2) is 42.0 Å². The molecule has 2 heterocycles. The first kappa shape index (κ1) is 30.4. The molecule has 0 radical (unpaired) electrons. The van der Waals surface area contributed by atoms with Crippen LogP contribution in [0.4, 0.5) is 0 Å². The Kier molecular flexibility index (Phi) is 10.3. The van der Waals surface area contributed by atoms with E-state index in [4.69, 9.17) is 18.9 Å². The molecule has 0 aromatic heterocycles. The number of benzene rings is 2. The highest BCUT2D eigenvalue weighted by Crippen LogP contribution is 2.42. The Balaban J connectivity index is 1.71. The molecule has 0 saturated carbocycles. The van der Waals surface area contributed by atoms with Crippen molar-refractivity contribution in [1.82, 2.24) is 9.80 Å². The molecule has 4 rings (SSSR count). The van der Waals surface area contributed by atoms with Gasteiger partial charge in [-0.1, -0.05) is 19.9 Å². The summed E-state index contributed by atoms with van der Waals surface area (Å²) in [5.41, 5.74) is 2.00. The molecular weight excluding hydrogens is 524 g/mol. The minimum Gasteiger partial charge on any atom is -0.507 e. The quantitative estimate of drug-likeness (QED) is 0.227. The summed E-state index contributed by atoms with van der Waals surface area (Å²) in [4.78, 5) is 30.8. The van der Waals surface area contributed by atoms with Crippen LogP contribution in [0, 0.1) is 12.8 Å². The topological polar surface area (TPSA) is 97.8 Å². The molecule has 2 saturated heterocycles. The van der Waals surface area contributed by atoms with E-state index in [1.807, 2.05) is 19.9 Å². The Labute approximate surface area is 242 Å². The molecular formula is C32H42N2O7. The van der Waals surface area contributed by atoms with Gasteiger partial charge in [0.25, 0.3) is 11.7 Å². The first-order valence-electron chi connectivity index (χ1n) is 14.4. The zero-order valence-electron chi connectivity index (χ0n) is 24.8. The van der Waals surface area contributed by atoms with Crippen LogP contribution >= 0.6 is 0 Å². The number of morpholine rings is 1. The summed E-state index contributed by atoms with van der Waals surface area (Å²) in [6.45, 7) is 13.2. The Bertz CT molecular complexity index is 1270. The van der Waals surface area contributed by atoms with E-state index in [0.29, 0.717) is 73.7 Å². The number of ketones is 1. The van der Waals surface area contributed by atoms with Gasteiger partial charge in [0.2, 0.25) is 0 Å². The number of carbonyl (C=O) groups is 2. The van der Waals surface area contributed by atoms with Gasteiger partial charge in [0.05, 0.1) is 45.2 Å². The molecule has 0 unspecified atom stereocenters. The summed E-state index contributed by atoms with van der Waals surface area (Å²) in [6.07, 6.45) is 0.679. The third-order valence-corrected chi connectivity index (χ3v) is 7.34. The molecule has 222 valence electrons. The zero-order chi connectivity index (χ0) is 29.5. The van der Waals surface area contributed by atoms with Crippen molar-refractivity contribution in [3.63, 3.8) is 0 Å². The third kappa shape index (κ3) is 7.02. The molecule has 9 nitrogen and oxygen atoms in total. The maximum Gasteiger partial charge on any atom is 0.295 e. The number of nitrogens with zero attached hydrogens (tertiary/aromatic N) is 2. The second kappa shape index (κ2) is 13.9. The predicted octanol–water partition coefficient (Wildman–Crippen LogP) is 4.58. The molecule has 41 heavy (non-hydrogen) atoms. The van der Waals surface area contributed by atoms with Gasteiger partial charge in [-0.3, -0.25) is 14.5 Å². The molecule has 2 aliphatic rings. The fourth-order valence-corrected chi connectivity index (χ4v) is 5.25. The standard InChI is InChI=1S/C32H42N2O7/c1-6-40-26-11-8-23(19-27(26)38-5)29-28(30(35)24-9-10-25(22(4)18-24)41-20-21(2)3)31(36)32(37)34(29)13-7-12-33-14-16-39-17-15-33/h8-11,18-19,21,29,35H,6-7,12-17,20H2,1-5H3/b30-28+/t29-/m0/s1. The minimum absolute atomic E-state index is 0.0582. The number of methoxy groups -OCH3 is 1. The number of hydrogen-bond acceptors (Lipinski definition) is 8. The van der Waals surface area contributed by atoms with Crippen LogP contribution in [-0.2, 0) is 14.3 Å². The first-order chi connectivity index (χ1) is 19.7. The summed E-state index contributed by atoms with van der Waals surface area (Å²) < 4.78 is 22.6. The molecule has 1 N–H and O–H groups in total. The van der Waals surface area contributed by atoms with Crippen molar-refractivity contribution in [2.75, 3.05) is 59.7 Å². The zero-order valence-corrected chi connectivity index (χ0v) is 24.8. The minimum atomic E-state index is -0.776. The summed E-state index contributed by atoms with van der Waals surface area (Å²) in [5.74, 6) is 0.598. The van der Waals surface area contributed by atoms with Crippen LogP contribution < -0.4 is 14.2 Å². The lowest BCUT2D eigenvalue weighted by Crippen LogP contribution is -2.39. The highest BCUT2D eigenvalue weighted by Gasteiger charge is 2.46. The smallest absolute Gasteiger partial charge is 0.295 e. The van der Waals surface area contributed by atoms with E-state index in [-0.39, 0.29) is 11.3 Å². The fraction of sp³-hybridized carbons (Fsp3) is 0.500. The van der Waals surface area contributed by atoms with Gasteiger partial charge < -0.3 is 29.0 Å². The number of rotatable bonds is 12. The Morgan fingerprint density at radius 3 is 2.41 bits per heavy atom. The number of hydrogen-bond donors (Lipinski definition) is 1. The number of carbonyl (C=O) groups excluding carboxylic acids is 2. The predicted molar refractivity (Wildman–Crippen MR) is 157 cm³/mol. The maximum absolute atomic E-state index is 13.5. The molecule has 0 bridgehead atoms. The number of likely N-dealkylation sites (tertiary alicyclic amines) is 1. The fourth-order valence-electron chi connectivity index (χ4n) is 5.25. The number of Topliss-reactive ketones (excluding diaryl/α,β-unsaturated/α-hetero) is 1. The lowest BCUT2D eigenvalue weighted by Gasteiger charge is -2.29. The summed E-state index contributed by atoms with van der Waals surface area (Å²) >= 11 is 0. The summed E-state index contributed by atoms with van der Waals surface area (Å²) in [7, 11) is 1.55. The van der Waals surface area contributed by atoms with Gasteiger partial charge >= 0.3 is 0 Å². The Hall–Kier alpha value is -3.56. The summed E-state index contributed by atoms with van der Waals surface area (Å²) in [6, 6.07) is 9.89. The molecule has 9 heteroatoms.